The summed E-state index contributed by atoms with van der Waals surface area (Å²) in [4.78, 5) is 8.04. The molecule has 1 aromatic heterocycles. The highest BCUT2D eigenvalue weighted by Crippen LogP contribution is 2.14. The van der Waals surface area contributed by atoms with Crippen molar-refractivity contribution >= 4 is 5.82 Å². The van der Waals surface area contributed by atoms with Gasteiger partial charge in [-0.05, 0) is 17.7 Å². The lowest BCUT2D eigenvalue weighted by Crippen LogP contribution is -2.09. The number of benzene rings is 1. The van der Waals surface area contributed by atoms with Crippen LogP contribution in [0.4, 0.5) is 5.82 Å². The lowest BCUT2D eigenvalue weighted by atomic mass is 10.2. The summed E-state index contributed by atoms with van der Waals surface area (Å²) >= 11 is 0. The van der Waals surface area contributed by atoms with Crippen LogP contribution in [0.1, 0.15) is 5.56 Å². The average Bonchev–Trinajstić information content (AvgIpc) is 2.46. The second-order valence-electron chi connectivity index (χ2n) is 3.52. The number of nitrogen functional groups attached to an aromatic ring is 1. The molecule has 2 aromatic rings. The van der Waals surface area contributed by atoms with E-state index in [1.54, 1.807) is 7.11 Å². The molecule has 94 valence electrons. The van der Waals surface area contributed by atoms with Crippen LogP contribution in [-0.4, -0.2) is 17.1 Å². The first-order chi connectivity index (χ1) is 8.81. The number of hydrogen-bond donors (Lipinski definition) is 2. The first-order valence-corrected chi connectivity index (χ1v) is 5.36. The van der Waals surface area contributed by atoms with Gasteiger partial charge in [0.15, 0.2) is 5.82 Å². The van der Waals surface area contributed by atoms with Gasteiger partial charge in [-0.15, -0.1) is 0 Å². The molecule has 0 spiro atoms. The molecule has 1 aromatic carbocycles. The van der Waals surface area contributed by atoms with Gasteiger partial charge in [0, 0.05) is 0 Å². The Balaban J connectivity index is 1.97. The van der Waals surface area contributed by atoms with Crippen molar-refractivity contribution in [2.75, 3.05) is 12.5 Å². The number of rotatable bonds is 5. The van der Waals surface area contributed by atoms with Gasteiger partial charge in [-0.2, -0.15) is 4.98 Å². The van der Waals surface area contributed by atoms with Crippen molar-refractivity contribution in [3.8, 4) is 11.6 Å². The number of methoxy groups -OCH3 is 1. The van der Waals surface area contributed by atoms with E-state index in [-0.39, 0.29) is 0 Å². The molecule has 0 aliphatic heterocycles. The highest BCUT2D eigenvalue weighted by Gasteiger charge is 2.00. The standard InChI is InChI=1S/C12H14N4O2/c1-17-10-4-2-9(3-5-10)8-18-12-7-14-6-11(15-12)16-13/h2-7H,8,13H2,1H3,(H,15,16). The second kappa shape index (κ2) is 5.83. The Kier molecular flexibility index (Phi) is 3.93. The van der Waals surface area contributed by atoms with Crippen LogP contribution < -0.4 is 20.7 Å². The van der Waals surface area contributed by atoms with Crippen LogP contribution in [0.3, 0.4) is 0 Å². The number of hydrogen-bond acceptors (Lipinski definition) is 6. The molecule has 1 heterocycles. The minimum absolute atomic E-state index is 0.409. The Morgan fingerprint density at radius 1 is 1.22 bits per heavy atom. The largest absolute Gasteiger partial charge is 0.497 e. The van der Waals surface area contributed by atoms with Crippen LogP contribution in [0.25, 0.3) is 0 Å². The molecule has 6 nitrogen and oxygen atoms in total. The quantitative estimate of drug-likeness (QED) is 0.612. The molecule has 0 aliphatic rings. The zero-order valence-corrected chi connectivity index (χ0v) is 9.96. The third-order valence-electron chi connectivity index (χ3n) is 2.31. The van der Waals surface area contributed by atoms with Crippen molar-refractivity contribution < 1.29 is 9.47 Å². The minimum atomic E-state index is 0.409. The highest BCUT2D eigenvalue weighted by molar-refractivity contribution is 5.31. The van der Waals surface area contributed by atoms with E-state index < -0.39 is 0 Å². The molecule has 2 rings (SSSR count). The van der Waals surface area contributed by atoms with Crippen LogP contribution in [0.15, 0.2) is 36.7 Å². The fourth-order valence-corrected chi connectivity index (χ4v) is 1.37. The van der Waals surface area contributed by atoms with Gasteiger partial charge in [0.05, 0.1) is 19.5 Å². The predicted molar refractivity (Wildman–Crippen MR) is 67.2 cm³/mol. The monoisotopic (exact) mass is 246 g/mol. The van der Waals surface area contributed by atoms with Crippen LogP contribution in [0, 0.1) is 0 Å². The Bertz CT molecular complexity index is 502. The SMILES string of the molecule is COc1ccc(COc2cncc(NN)n2)cc1. The van der Waals surface area contributed by atoms with E-state index in [4.69, 9.17) is 15.3 Å². The molecule has 0 saturated carbocycles. The predicted octanol–water partition coefficient (Wildman–Crippen LogP) is 1.35. The third kappa shape index (κ3) is 3.08. The summed E-state index contributed by atoms with van der Waals surface area (Å²) < 4.78 is 10.6. The van der Waals surface area contributed by atoms with E-state index >= 15 is 0 Å². The number of aromatic nitrogens is 2. The molecule has 0 radical (unpaired) electrons. The number of ether oxygens (including phenoxy) is 2. The van der Waals surface area contributed by atoms with Gasteiger partial charge in [0.2, 0.25) is 5.88 Å². The molecule has 3 N–H and O–H groups in total. The number of nitrogens with two attached hydrogens (primary N) is 1. The van der Waals surface area contributed by atoms with E-state index in [0.717, 1.165) is 11.3 Å². The summed E-state index contributed by atoms with van der Waals surface area (Å²) in [5.74, 6) is 6.93. The summed E-state index contributed by atoms with van der Waals surface area (Å²) in [6.45, 7) is 0.409. The maximum Gasteiger partial charge on any atom is 0.234 e. The fraction of sp³-hybridized carbons (Fsp3) is 0.167. The molecule has 0 aliphatic carbocycles. The lowest BCUT2D eigenvalue weighted by Gasteiger charge is -2.07. The lowest BCUT2D eigenvalue weighted by molar-refractivity contribution is 0.292. The number of nitrogens with zero attached hydrogens (tertiary/aromatic N) is 2. The Labute approximate surface area is 105 Å². The molecule has 6 heteroatoms. The Hall–Kier alpha value is -2.34. The van der Waals surface area contributed by atoms with Crippen molar-refractivity contribution in [2.45, 2.75) is 6.61 Å². The van der Waals surface area contributed by atoms with E-state index in [1.165, 1.54) is 12.4 Å². The molecule has 0 fully saturated rings. The number of nitrogens with one attached hydrogen (secondary N) is 1. The van der Waals surface area contributed by atoms with Crippen LogP contribution in [0.2, 0.25) is 0 Å². The van der Waals surface area contributed by atoms with E-state index in [2.05, 4.69) is 15.4 Å². The topological polar surface area (TPSA) is 82.3 Å². The second-order valence-corrected chi connectivity index (χ2v) is 3.52. The molecule has 18 heavy (non-hydrogen) atoms. The van der Waals surface area contributed by atoms with Gasteiger partial charge < -0.3 is 14.9 Å². The molecule has 0 saturated heterocycles. The maximum absolute atomic E-state index is 5.50. The van der Waals surface area contributed by atoms with Gasteiger partial charge in [-0.25, -0.2) is 5.84 Å². The van der Waals surface area contributed by atoms with Crippen LogP contribution >= 0.6 is 0 Å². The summed E-state index contributed by atoms with van der Waals surface area (Å²) in [6.07, 6.45) is 3.05. The highest BCUT2D eigenvalue weighted by atomic mass is 16.5. The fourth-order valence-electron chi connectivity index (χ4n) is 1.37. The number of hydrazine groups is 1. The van der Waals surface area contributed by atoms with Crippen LogP contribution in [-0.2, 0) is 6.61 Å². The normalized spacial score (nSPS) is 9.89. The summed E-state index contributed by atoms with van der Waals surface area (Å²) in [7, 11) is 1.63. The molecule has 0 atom stereocenters. The Morgan fingerprint density at radius 2 is 2.00 bits per heavy atom. The smallest absolute Gasteiger partial charge is 0.234 e. The summed E-state index contributed by atoms with van der Waals surface area (Å²) in [5, 5.41) is 0. The summed E-state index contributed by atoms with van der Waals surface area (Å²) in [6, 6.07) is 7.61. The van der Waals surface area contributed by atoms with Crippen LogP contribution in [0.5, 0.6) is 11.6 Å². The summed E-state index contributed by atoms with van der Waals surface area (Å²) in [5.41, 5.74) is 3.43. The van der Waals surface area contributed by atoms with Crippen molar-refractivity contribution in [1.29, 1.82) is 0 Å². The van der Waals surface area contributed by atoms with Gasteiger partial charge in [-0.1, -0.05) is 12.1 Å². The van der Waals surface area contributed by atoms with Gasteiger partial charge in [-0.3, -0.25) is 4.98 Å². The molecule has 0 amide bonds. The zero-order valence-electron chi connectivity index (χ0n) is 9.96. The first kappa shape index (κ1) is 12.1. The Morgan fingerprint density at radius 3 is 2.67 bits per heavy atom. The van der Waals surface area contributed by atoms with E-state index in [9.17, 15) is 0 Å². The van der Waals surface area contributed by atoms with Crippen molar-refractivity contribution in [2.24, 2.45) is 5.84 Å². The van der Waals surface area contributed by atoms with Crippen molar-refractivity contribution in [1.82, 2.24) is 9.97 Å². The van der Waals surface area contributed by atoms with Gasteiger partial charge in [0.25, 0.3) is 0 Å². The molecule has 0 bridgehead atoms. The van der Waals surface area contributed by atoms with E-state index in [0.29, 0.717) is 18.3 Å². The minimum Gasteiger partial charge on any atom is -0.497 e. The van der Waals surface area contributed by atoms with Crippen molar-refractivity contribution in [3.05, 3.63) is 42.2 Å². The van der Waals surface area contributed by atoms with Crippen molar-refractivity contribution in [3.63, 3.8) is 0 Å². The number of anilines is 1. The van der Waals surface area contributed by atoms with E-state index in [1.807, 2.05) is 24.3 Å². The first-order valence-electron chi connectivity index (χ1n) is 5.36. The molecular formula is C12H14N4O2. The maximum atomic E-state index is 5.50. The average molecular weight is 246 g/mol. The third-order valence-corrected chi connectivity index (χ3v) is 2.31. The molecule has 0 unspecified atom stereocenters. The zero-order chi connectivity index (χ0) is 12.8. The van der Waals surface area contributed by atoms with Gasteiger partial charge >= 0.3 is 0 Å². The van der Waals surface area contributed by atoms with Gasteiger partial charge in [0.1, 0.15) is 12.4 Å². The molecular weight excluding hydrogens is 232 g/mol.